The van der Waals surface area contributed by atoms with Crippen molar-refractivity contribution < 1.29 is 4.79 Å². The van der Waals surface area contributed by atoms with Crippen molar-refractivity contribution in [1.29, 1.82) is 0 Å². The van der Waals surface area contributed by atoms with Crippen molar-refractivity contribution >= 4 is 30.7 Å². The van der Waals surface area contributed by atoms with E-state index in [9.17, 15) is 4.79 Å². The van der Waals surface area contributed by atoms with E-state index in [4.69, 9.17) is 5.73 Å². The van der Waals surface area contributed by atoms with Gasteiger partial charge in [-0.3, -0.25) is 9.78 Å². The molecule has 0 bridgehead atoms. The van der Waals surface area contributed by atoms with E-state index in [2.05, 4.69) is 11.9 Å². The molecule has 2 heterocycles. The number of likely N-dealkylation sites (tertiary alicyclic amines) is 1. The van der Waals surface area contributed by atoms with Crippen LogP contribution < -0.4 is 5.73 Å². The van der Waals surface area contributed by atoms with Gasteiger partial charge in [0, 0.05) is 31.0 Å². The third-order valence-corrected chi connectivity index (χ3v) is 3.42. The molecule has 6 heteroatoms. The number of carbonyl (C=O) groups excluding carboxylic acids is 1. The molecule has 1 amide bonds. The zero-order chi connectivity index (χ0) is 12.4. The number of aryl methyl sites for hydroxylation is 1. The molecular weight excluding hydrogens is 285 g/mol. The van der Waals surface area contributed by atoms with E-state index in [0.717, 1.165) is 25.2 Å². The van der Waals surface area contributed by atoms with E-state index in [0.29, 0.717) is 11.5 Å². The van der Waals surface area contributed by atoms with Gasteiger partial charge in [-0.1, -0.05) is 6.92 Å². The van der Waals surface area contributed by atoms with Crippen LogP contribution in [-0.2, 0) is 0 Å². The van der Waals surface area contributed by atoms with E-state index in [1.165, 1.54) is 0 Å². The van der Waals surface area contributed by atoms with Gasteiger partial charge in [-0.2, -0.15) is 0 Å². The van der Waals surface area contributed by atoms with Crippen molar-refractivity contribution in [3.63, 3.8) is 0 Å². The smallest absolute Gasteiger partial charge is 0.255 e. The van der Waals surface area contributed by atoms with Crippen molar-refractivity contribution in [3.05, 3.63) is 29.6 Å². The molecule has 19 heavy (non-hydrogen) atoms. The number of hydrogen-bond acceptors (Lipinski definition) is 3. The topological polar surface area (TPSA) is 59.2 Å². The van der Waals surface area contributed by atoms with Crippen molar-refractivity contribution in [2.45, 2.75) is 26.3 Å². The fourth-order valence-electron chi connectivity index (χ4n) is 2.13. The molecule has 1 aromatic rings. The Morgan fingerprint density at radius 3 is 2.63 bits per heavy atom. The Morgan fingerprint density at radius 1 is 1.42 bits per heavy atom. The first-order valence-electron chi connectivity index (χ1n) is 6.05. The van der Waals surface area contributed by atoms with Crippen molar-refractivity contribution in [3.8, 4) is 0 Å². The second-order valence-electron chi connectivity index (χ2n) is 4.87. The van der Waals surface area contributed by atoms with Gasteiger partial charge in [-0.25, -0.2) is 0 Å². The van der Waals surface area contributed by atoms with Gasteiger partial charge in [-0.15, -0.1) is 24.8 Å². The average Bonchev–Trinajstić information content (AvgIpc) is 2.33. The molecule has 4 nitrogen and oxygen atoms in total. The summed E-state index contributed by atoms with van der Waals surface area (Å²) >= 11 is 0. The highest BCUT2D eigenvalue weighted by atomic mass is 35.5. The van der Waals surface area contributed by atoms with E-state index in [1.807, 2.05) is 24.0 Å². The lowest BCUT2D eigenvalue weighted by Crippen LogP contribution is -2.48. The van der Waals surface area contributed by atoms with Crippen LogP contribution in [0.3, 0.4) is 0 Å². The maximum absolute atomic E-state index is 12.2. The predicted octanol–water partition coefficient (Wildman–Crippen LogP) is 2.04. The number of piperidine rings is 1. The Bertz CT molecular complexity index is 411. The number of halogens is 2. The molecule has 1 aliphatic rings. The van der Waals surface area contributed by atoms with Gasteiger partial charge in [0.2, 0.25) is 0 Å². The Kier molecular flexibility index (Phi) is 7.34. The SMILES string of the molecule is Cc1ccc(C(=O)N2CCC(N)C(C)C2)cn1.Cl.Cl. The zero-order valence-corrected chi connectivity index (χ0v) is 12.8. The highest BCUT2D eigenvalue weighted by Crippen LogP contribution is 2.17. The number of rotatable bonds is 1. The lowest BCUT2D eigenvalue weighted by Gasteiger charge is -2.35. The highest BCUT2D eigenvalue weighted by Gasteiger charge is 2.26. The van der Waals surface area contributed by atoms with Gasteiger partial charge in [0.1, 0.15) is 0 Å². The van der Waals surface area contributed by atoms with Crippen molar-refractivity contribution in [2.24, 2.45) is 11.7 Å². The minimum Gasteiger partial charge on any atom is -0.338 e. The number of nitrogens with two attached hydrogens (primary N) is 1. The Balaban J connectivity index is 0.00000162. The normalized spacial score (nSPS) is 22.2. The molecule has 108 valence electrons. The molecule has 2 N–H and O–H groups in total. The molecule has 0 radical (unpaired) electrons. The van der Waals surface area contributed by atoms with E-state index < -0.39 is 0 Å². The van der Waals surface area contributed by atoms with Gasteiger partial charge in [0.25, 0.3) is 5.91 Å². The molecule has 1 aliphatic heterocycles. The number of hydrogen-bond donors (Lipinski definition) is 1. The number of carbonyl (C=O) groups is 1. The summed E-state index contributed by atoms with van der Waals surface area (Å²) in [7, 11) is 0. The van der Waals surface area contributed by atoms with E-state index in [1.54, 1.807) is 6.20 Å². The van der Waals surface area contributed by atoms with Gasteiger partial charge >= 0.3 is 0 Å². The van der Waals surface area contributed by atoms with Gasteiger partial charge in [-0.05, 0) is 31.4 Å². The molecule has 1 fully saturated rings. The average molecular weight is 306 g/mol. The Morgan fingerprint density at radius 2 is 2.11 bits per heavy atom. The number of nitrogens with zero attached hydrogens (tertiary/aromatic N) is 2. The van der Waals surface area contributed by atoms with E-state index in [-0.39, 0.29) is 36.8 Å². The van der Waals surface area contributed by atoms with Crippen molar-refractivity contribution in [1.82, 2.24) is 9.88 Å². The molecule has 1 aromatic heterocycles. The summed E-state index contributed by atoms with van der Waals surface area (Å²) in [6.07, 6.45) is 2.53. The van der Waals surface area contributed by atoms with Crippen LogP contribution >= 0.6 is 24.8 Å². The Labute approximate surface area is 126 Å². The summed E-state index contributed by atoms with van der Waals surface area (Å²) in [5.74, 6) is 0.433. The number of aromatic nitrogens is 1. The summed E-state index contributed by atoms with van der Waals surface area (Å²) in [5, 5.41) is 0. The van der Waals surface area contributed by atoms with Gasteiger partial charge in [0.15, 0.2) is 0 Å². The van der Waals surface area contributed by atoms with Crippen LogP contribution in [0.2, 0.25) is 0 Å². The van der Waals surface area contributed by atoms with Gasteiger partial charge in [0.05, 0.1) is 5.56 Å². The van der Waals surface area contributed by atoms with Crippen LogP contribution in [0, 0.1) is 12.8 Å². The summed E-state index contributed by atoms with van der Waals surface area (Å²) in [6.45, 7) is 5.50. The summed E-state index contributed by atoms with van der Waals surface area (Å²) in [6, 6.07) is 3.92. The van der Waals surface area contributed by atoms with Crippen LogP contribution in [0.5, 0.6) is 0 Å². The number of amides is 1. The van der Waals surface area contributed by atoms with Crippen LogP contribution in [0.4, 0.5) is 0 Å². The third-order valence-electron chi connectivity index (χ3n) is 3.42. The third kappa shape index (κ3) is 4.34. The quantitative estimate of drug-likeness (QED) is 0.864. The summed E-state index contributed by atoms with van der Waals surface area (Å²) in [5.41, 5.74) is 7.54. The predicted molar refractivity (Wildman–Crippen MR) is 81.1 cm³/mol. The molecule has 0 aromatic carbocycles. The zero-order valence-electron chi connectivity index (χ0n) is 11.2. The lowest BCUT2D eigenvalue weighted by atomic mass is 9.94. The molecule has 1 saturated heterocycles. The number of pyridine rings is 1. The lowest BCUT2D eigenvalue weighted by molar-refractivity contribution is 0.0663. The standard InChI is InChI=1S/C13H19N3O.2ClH/c1-9-8-16(6-5-12(9)14)13(17)11-4-3-10(2)15-7-11;;/h3-4,7,9,12H,5-6,8,14H2,1-2H3;2*1H. The molecular formula is C13H21Cl2N3O. The van der Waals surface area contributed by atoms with Crippen LogP contribution in [0.15, 0.2) is 18.3 Å². The molecule has 2 atom stereocenters. The summed E-state index contributed by atoms with van der Waals surface area (Å²) < 4.78 is 0. The second-order valence-corrected chi connectivity index (χ2v) is 4.87. The maximum atomic E-state index is 12.2. The Hall–Kier alpha value is -0.840. The molecule has 0 aliphatic carbocycles. The first-order valence-corrected chi connectivity index (χ1v) is 6.05. The molecule has 2 rings (SSSR count). The minimum absolute atomic E-state index is 0. The van der Waals surface area contributed by atoms with Crippen LogP contribution in [0.25, 0.3) is 0 Å². The first-order chi connectivity index (χ1) is 8.08. The fraction of sp³-hybridized carbons (Fsp3) is 0.538. The first kappa shape index (κ1) is 18.2. The van der Waals surface area contributed by atoms with Crippen LogP contribution in [-0.4, -0.2) is 34.9 Å². The molecule has 2 unspecified atom stereocenters. The monoisotopic (exact) mass is 305 g/mol. The maximum Gasteiger partial charge on any atom is 0.255 e. The molecule has 0 saturated carbocycles. The minimum atomic E-state index is 0. The van der Waals surface area contributed by atoms with E-state index >= 15 is 0 Å². The second kappa shape index (κ2) is 7.68. The van der Waals surface area contributed by atoms with Gasteiger partial charge < -0.3 is 10.6 Å². The molecule has 0 spiro atoms. The largest absolute Gasteiger partial charge is 0.338 e. The fourth-order valence-corrected chi connectivity index (χ4v) is 2.13. The summed E-state index contributed by atoms with van der Waals surface area (Å²) in [4.78, 5) is 18.2. The van der Waals surface area contributed by atoms with Crippen molar-refractivity contribution in [2.75, 3.05) is 13.1 Å². The van der Waals surface area contributed by atoms with Crippen LogP contribution in [0.1, 0.15) is 29.4 Å². The highest BCUT2D eigenvalue weighted by molar-refractivity contribution is 5.94.